The predicted molar refractivity (Wildman–Crippen MR) is 116 cm³/mol. The van der Waals surface area contributed by atoms with Gasteiger partial charge in [0.1, 0.15) is 6.10 Å². The zero-order valence-electron chi connectivity index (χ0n) is 17.2. The Bertz CT molecular complexity index is 626. The highest BCUT2D eigenvalue weighted by atomic mass is 32.2. The van der Waals surface area contributed by atoms with Gasteiger partial charge < -0.3 is 19.7 Å². The molecule has 0 aromatic heterocycles. The molecular weight excluding hydrogens is 372 g/mol. The molecule has 1 aliphatic heterocycles. The first-order valence-corrected chi connectivity index (χ1v) is 12.0. The second-order valence-electron chi connectivity index (χ2n) is 7.76. The van der Waals surface area contributed by atoms with Crippen molar-refractivity contribution in [2.24, 2.45) is 0 Å². The highest BCUT2D eigenvalue weighted by Crippen LogP contribution is 2.32. The number of carbonyl (C=O) groups is 1. The zero-order valence-corrected chi connectivity index (χ0v) is 18.1. The third kappa shape index (κ3) is 5.80. The molecule has 1 saturated carbocycles. The van der Waals surface area contributed by atoms with Gasteiger partial charge in [-0.25, -0.2) is 0 Å². The number of thioether (sulfide) groups is 1. The summed E-state index contributed by atoms with van der Waals surface area (Å²) in [5.74, 6) is 2.36. The van der Waals surface area contributed by atoms with Crippen LogP contribution in [0.3, 0.4) is 0 Å². The number of nitrogens with zero attached hydrogens (tertiary/aromatic N) is 1. The molecule has 1 aromatic rings. The molecule has 1 saturated heterocycles. The van der Waals surface area contributed by atoms with Gasteiger partial charge in [-0.05, 0) is 62.3 Å². The number of hydrogen-bond acceptors (Lipinski definition) is 5. The van der Waals surface area contributed by atoms with Crippen LogP contribution in [0.1, 0.15) is 55.3 Å². The minimum atomic E-state index is -0.0594. The molecule has 1 aliphatic carbocycles. The first-order valence-electron chi connectivity index (χ1n) is 10.6. The summed E-state index contributed by atoms with van der Waals surface area (Å²) < 4.78 is 11.8. The highest BCUT2D eigenvalue weighted by Gasteiger charge is 2.28. The van der Waals surface area contributed by atoms with Crippen LogP contribution in [0.2, 0.25) is 0 Å². The Balaban J connectivity index is 1.52. The van der Waals surface area contributed by atoms with E-state index in [2.05, 4.69) is 16.5 Å². The lowest BCUT2D eigenvalue weighted by atomic mass is 10.0. The van der Waals surface area contributed by atoms with Gasteiger partial charge in [0.25, 0.3) is 5.91 Å². The predicted octanol–water partition coefficient (Wildman–Crippen LogP) is 3.96. The monoisotopic (exact) mass is 406 g/mol. The van der Waals surface area contributed by atoms with Crippen LogP contribution in [0.4, 0.5) is 0 Å². The number of rotatable bonds is 9. The van der Waals surface area contributed by atoms with Crippen LogP contribution >= 0.6 is 11.8 Å². The van der Waals surface area contributed by atoms with E-state index in [1.165, 1.54) is 25.7 Å². The fraction of sp³-hybridized carbons (Fsp3) is 0.682. The van der Waals surface area contributed by atoms with E-state index in [4.69, 9.17) is 9.47 Å². The van der Waals surface area contributed by atoms with E-state index in [9.17, 15) is 4.79 Å². The summed E-state index contributed by atoms with van der Waals surface area (Å²) in [7, 11) is 1.63. The Morgan fingerprint density at radius 2 is 1.93 bits per heavy atom. The van der Waals surface area contributed by atoms with Crippen molar-refractivity contribution in [2.45, 2.75) is 57.1 Å². The van der Waals surface area contributed by atoms with E-state index in [1.54, 1.807) is 24.9 Å². The highest BCUT2D eigenvalue weighted by molar-refractivity contribution is 7.98. The number of amides is 1. The molecule has 2 aliphatic rings. The van der Waals surface area contributed by atoms with Gasteiger partial charge in [-0.2, -0.15) is 11.8 Å². The molecule has 0 bridgehead atoms. The number of hydrogen-bond donors (Lipinski definition) is 1. The smallest absolute Gasteiger partial charge is 0.251 e. The molecule has 0 spiro atoms. The fourth-order valence-electron chi connectivity index (χ4n) is 4.23. The van der Waals surface area contributed by atoms with Crippen LogP contribution in [-0.4, -0.2) is 61.7 Å². The SMILES string of the molecule is COc1cc(C(=O)NCCCSC)ccc1OC1CCN(C2CCCC2)CC1. The van der Waals surface area contributed by atoms with Gasteiger partial charge in [-0.15, -0.1) is 0 Å². The first-order chi connectivity index (χ1) is 13.7. The van der Waals surface area contributed by atoms with Gasteiger partial charge in [0, 0.05) is 31.2 Å². The largest absolute Gasteiger partial charge is 0.493 e. The third-order valence-corrected chi connectivity index (χ3v) is 6.54. The summed E-state index contributed by atoms with van der Waals surface area (Å²) in [6.45, 7) is 2.93. The summed E-state index contributed by atoms with van der Waals surface area (Å²) in [6, 6.07) is 6.28. The molecule has 0 radical (unpaired) electrons. The summed E-state index contributed by atoms with van der Waals surface area (Å²) in [5, 5.41) is 2.96. The maximum Gasteiger partial charge on any atom is 0.251 e. The molecule has 6 heteroatoms. The minimum Gasteiger partial charge on any atom is -0.493 e. The van der Waals surface area contributed by atoms with Crippen molar-refractivity contribution in [1.82, 2.24) is 10.2 Å². The van der Waals surface area contributed by atoms with Gasteiger partial charge in [-0.3, -0.25) is 4.79 Å². The molecule has 3 rings (SSSR count). The second kappa shape index (κ2) is 11.0. The molecule has 156 valence electrons. The van der Waals surface area contributed by atoms with Gasteiger partial charge in [0.15, 0.2) is 11.5 Å². The summed E-state index contributed by atoms with van der Waals surface area (Å²) >= 11 is 1.79. The van der Waals surface area contributed by atoms with Crippen LogP contribution in [0.25, 0.3) is 0 Å². The second-order valence-corrected chi connectivity index (χ2v) is 8.74. The van der Waals surface area contributed by atoms with Gasteiger partial charge in [-0.1, -0.05) is 12.8 Å². The Labute approximate surface area is 173 Å². The molecule has 1 heterocycles. The lowest BCUT2D eigenvalue weighted by Crippen LogP contribution is -2.43. The number of piperidine rings is 1. The molecule has 1 N–H and O–H groups in total. The molecule has 1 aromatic carbocycles. The van der Waals surface area contributed by atoms with Crippen molar-refractivity contribution in [1.29, 1.82) is 0 Å². The van der Waals surface area contributed by atoms with Crippen molar-refractivity contribution in [2.75, 3.05) is 38.8 Å². The average molecular weight is 407 g/mol. The Morgan fingerprint density at radius 3 is 2.61 bits per heavy atom. The van der Waals surface area contributed by atoms with E-state index in [-0.39, 0.29) is 12.0 Å². The van der Waals surface area contributed by atoms with E-state index < -0.39 is 0 Å². The molecule has 5 nitrogen and oxygen atoms in total. The minimum absolute atomic E-state index is 0.0594. The molecule has 0 unspecified atom stereocenters. The van der Waals surface area contributed by atoms with Gasteiger partial charge in [0.05, 0.1) is 7.11 Å². The quantitative estimate of drug-likeness (QED) is 0.629. The standard InChI is InChI=1S/C22H34N2O3S/c1-26-21-16-17(22(25)23-12-5-15-28-2)8-9-20(21)27-19-10-13-24(14-11-19)18-6-3-4-7-18/h8-9,16,18-19H,3-7,10-15H2,1-2H3,(H,23,25). The van der Waals surface area contributed by atoms with Crippen LogP contribution < -0.4 is 14.8 Å². The number of ether oxygens (including phenoxy) is 2. The lowest BCUT2D eigenvalue weighted by molar-refractivity contribution is 0.0750. The average Bonchev–Trinajstić information content (AvgIpc) is 3.27. The zero-order chi connectivity index (χ0) is 19.8. The third-order valence-electron chi connectivity index (χ3n) is 5.85. The van der Waals surface area contributed by atoms with E-state index >= 15 is 0 Å². The van der Waals surface area contributed by atoms with Crippen LogP contribution in [-0.2, 0) is 0 Å². The number of likely N-dealkylation sites (tertiary alicyclic amines) is 1. The van der Waals surface area contributed by atoms with Crippen LogP contribution in [0.5, 0.6) is 11.5 Å². The molecule has 28 heavy (non-hydrogen) atoms. The molecular formula is C22H34N2O3S. The first kappa shape index (κ1) is 21.3. The summed E-state index contributed by atoms with van der Waals surface area (Å²) in [4.78, 5) is 15.0. The molecule has 2 fully saturated rings. The Morgan fingerprint density at radius 1 is 1.18 bits per heavy atom. The van der Waals surface area contributed by atoms with Crippen molar-refractivity contribution in [3.8, 4) is 11.5 Å². The fourth-order valence-corrected chi connectivity index (χ4v) is 4.67. The van der Waals surface area contributed by atoms with Gasteiger partial charge in [0.2, 0.25) is 0 Å². The number of nitrogens with one attached hydrogen (secondary N) is 1. The number of benzene rings is 1. The maximum absolute atomic E-state index is 12.3. The van der Waals surface area contributed by atoms with Crippen LogP contribution in [0.15, 0.2) is 18.2 Å². The molecule has 1 amide bonds. The summed E-state index contributed by atoms with van der Waals surface area (Å²) in [6.07, 6.45) is 10.9. The van der Waals surface area contributed by atoms with Crippen LogP contribution in [0, 0.1) is 0 Å². The topological polar surface area (TPSA) is 50.8 Å². The number of methoxy groups -OCH3 is 1. The molecule has 0 atom stereocenters. The Kier molecular flexibility index (Phi) is 8.34. The van der Waals surface area contributed by atoms with Crippen molar-refractivity contribution < 1.29 is 14.3 Å². The van der Waals surface area contributed by atoms with Gasteiger partial charge >= 0.3 is 0 Å². The summed E-state index contributed by atoms with van der Waals surface area (Å²) in [5.41, 5.74) is 0.615. The van der Waals surface area contributed by atoms with E-state index in [0.29, 0.717) is 17.9 Å². The van der Waals surface area contributed by atoms with Crippen molar-refractivity contribution in [3.63, 3.8) is 0 Å². The lowest BCUT2D eigenvalue weighted by Gasteiger charge is -2.36. The normalized spacial score (nSPS) is 18.9. The maximum atomic E-state index is 12.3. The number of carbonyl (C=O) groups excluding carboxylic acids is 1. The van der Waals surface area contributed by atoms with Crippen molar-refractivity contribution >= 4 is 17.7 Å². The van der Waals surface area contributed by atoms with Crippen molar-refractivity contribution in [3.05, 3.63) is 23.8 Å². The van der Waals surface area contributed by atoms with E-state index in [0.717, 1.165) is 49.9 Å². The van der Waals surface area contributed by atoms with E-state index in [1.807, 2.05) is 12.1 Å². The Hall–Kier alpha value is -1.40.